The molecule has 0 bridgehead atoms. The average Bonchev–Trinajstić information content (AvgIpc) is 2.51. The molecule has 3 atom stereocenters. The maximum atomic E-state index is 5.91. The van der Waals surface area contributed by atoms with Gasteiger partial charge in [0.05, 0.1) is 0 Å². The molecule has 3 aliphatic carbocycles. The van der Waals surface area contributed by atoms with Crippen LogP contribution in [0.1, 0.15) is 39.2 Å². The highest BCUT2D eigenvalue weighted by molar-refractivity contribution is 6.61. The molecule has 2 fully saturated rings. The minimum atomic E-state index is -0.210. The third kappa shape index (κ3) is 2.18. The van der Waals surface area contributed by atoms with Crippen LogP contribution < -0.4 is 5.46 Å². The Bertz CT molecular complexity index is 736. The van der Waals surface area contributed by atoms with Crippen molar-refractivity contribution < 1.29 is 9.31 Å². The first-order chi connectivity index (χ1) is 11.4. The summed E-state index contributed by atoms with van der Waals surface area (Å²) >= 11 is 0. The summed E-state index contributed by atoms with van der Waals surface area (Å²) in [7, 11) is -0.210. The summed E-state index contributed by atoms with van der Waals surface area (Å²) in [5, 5.41) is 0. The van der Waals surface area contributed by atoms with Crippen LogP contribution in [0.5, 0.6) is 0 Å². The van der Waals surface area contributed by atoms with Gasteiger partial charge in [-0.05, 0) is 29.8 Å². The molecule has 5 rings (SSSR count). The number of benzene rings is 1. The first-order valence-corrected chi connectivity index (χ1v) is 9.19. The van der Waals surface area contributed by atoms with Crippen LogP contribution in [-0.2, 0) is 14.7 Å². The van der Waals surface area contributed by atoms with Gasteiger partial charge in [-0.1, -0.05) is 68.3 Å². The van der Waals surface area contributed by atoms with Crippen molar-refractivity contribution in [3.63, 3.8) is 0 Å². The summed E-state index contributed by atoms with van der Waals surface area (Å²) in [6, 6.07) is 8.94. The fourth-order valence-corrected chi connectivity index (χ4v) is 4.91. The lowest BCUT2D eigenvalue weighted by Crippen LogP contribution is -2.47. The number of hydrogen-bond acceptors (Lipinski definition) is 2. The van der Waals surface area contributed by atoms with Crippen LogP contribution in [-0.4, -0.2) is 20.3 Å². The third-order valence-corrected chi connectivity index (χ3v) is 6.32. The normalized spacial score (nSPS) is 36.0. The maximum absolute atomic E-state index is 5.91. The molecule has 1 heterocycles. The van der Waals surface area contributed by atoms with Gasteiger partial charge in [-0.3, -0.25) is 0 Å². The number of hydrogen-bond donors (Lipinski definition) is 0. The topological polar surface area (TPSA) is 18.5 Å². The lowest BCUT2D eigenvalue weighted by atomic mass is 9.50. The van der Waals surface area contributed by atoms with Gasteiger partial charge >= 0.3 is 7.12 Å². The van der Waals surface area contributed by atoms with Crippen LogP contribution in [0.25, 0.3) is 0 Å². The minimum Gasteiger partial charge on any atom is -0.407 e. The molecule has 3 unspecified atom stereocenters. The summed E-state index contributed by atoms with van der Waals surface area (Å²) in [4.78, 5) is 0. The smallest absolute Gasteiger partial charge is 0.407 e. The summed E-state index contributed by atoms with van der Waals surface area (Å²) in [6.07, 6.45) is 7.54. The Morgan fingerprint density at radius 1 is 1.00 bits per heavy atom. The second kappa shape index (κ2) is 4.86. The second-order valence-corrected chi connectivity index (χ2v) is 9.14. The van der Waals surface area contributed by atoms with Crippen molar-refractivity contribution in [1.82, 2.24) is 0 Å². The lowest BCUT2D eigenvalue weighted by molar-refractivity contribution is 0.0343. The Kier molecular flexibility index (Phi) is 3.03. The molecule has 1 aromatic rings. The molecule has 24 heavy (non-hydrogen) atoms. The van der Waals surface area contributed by atoms with Crippen molar-refractivity contribution in [3.05, 3.63) is 53.1 Å². The predicted octanol–water partition coefficient (Wildman–Crippen LogP) is 3.62. The van der Waals surface area contributed by atoms with Crippen molar-refractivity contribution in [2.75, 3.05) is 13.2 Å². The van der Waals surface area contributed by atoms with Gasteiger partial charge in [0.15, 0.2) is 0 Å². The van der Waals surface area contributed by atoms with Gasteiger partial charge in [0.25, 0.3) is 0 Å². The minimum absolute atomic E-state index is 0.118. The quantitative estimate of drug-likeness (QED) is 0.612. The standard InChI is InChI=1S/C21H25BO2/c1-20(2)12-23-22(24-13-20)18-6-4-17(5-7-18)21(3)10-15-8-14-9-16(11-21)19(14)15/h4-8,11,15,19H,9-10,12-13H2,1-3H3. The van der Waals surface area contributed by atoms with Crippen molar-refractivity contribution >= 4 is 12.6 Å². The molecule has 0 radical (unpaired) electrons. The Hall–Kier alpha value is -1.32. The second-order valence-electron chi connectivity index (χ2n) is 9.14. The molecular weight excluding hydrogens is 295 g/mol. The molecule has 1 saturated heterocycles. The van der Waals surface area contributed by atoms with Crippen LogP contribution in [0.2, 0.25) is 0 Å². The predicted molar refractivity (Wildman–Crippen MR) is 97.2 cm³/mol. The largest absolute Gasteiger partial charge is 0.493 e. The molecule has 4 aliphatic rings. The van der Waals surface area contributed by atoms with E-state index in [-0.39, 0.29) is 17.9 Å². The first-order valence-electron chi connectivity index (χ1n) is 9.19. The van der Waals surface area contributed by atoms with Gasteiger partial charge in [-0.2, -0.15) is 0 Å². The Morgan fingerprint density at radius 2 is 1.71 bits per heavy atom. The zero-order valence-electron chi connectivity index (χ0n) is 14.8. The molecule has 1 aliphatic heterocycles. The number of rotatable bonds is 2. The molecule has 0 amide bonds. The molecule has 1 aromatic carbocycles. The van der Waals surface area contributed by atoms with E-state index in [4.69, 9.17) is 9.31 Å². The highest BCUT2D eigenvalue weighted by Crippen LogP contribution is 2.60. The van der Waals surface area contributed by atoms with Gasteiger partial charge in [-0.25, -0.2) is 0 Å². The highest BCUT2D eigenvalue weighted by Gasteiger charge is 2.49. The molecular formula is C21H25BO2. The van der Waals surface area contributed by atoms with E-state index in [1.807, 2.05) is 0 Å². The van der Waals surface area contributed by atoms with Crippen LogP contribution in [0.4, 0.5) is 0 Å². The SMILES string of the molecule is CC1(C)COB(c2ccc(C3(C)C=C4CC5=CC(C3)C54)cc2)OC1. The van der Waals surface area contributed by atoms with Gasteiger partial charge in [-0.15, -0.1) is 0 Å². The summed E-state index contributed by atoms with van der Waals surface area (Å²) in [6.45, 7) is 8.25. The third-order valence-electron chi connectivity index (χ3n) is 6.32. The fraction of sp³-hybridized carbons (Fsp3) is 0.524. The Labute approximate surface area is 145 Å². The van der Waals surface area contributed by atoms with E-state index in [9.17, 15) is 0 Å². The van der Waals surface area contributed by atoms with Gasteiger partial charge < -0.3 is 9.31 Å². The van der Waals surface area contributed by atoms with Crippen molar-refractivity contribution in [1.29, 1.82) is 0 Å². The van der Waals surface area contributed by atoms with Crippen molar-refractivity contribution in [3.8, 4) is 0 Å². The molecule has 0 spiro atoms. The van der Waals surface area contributed by atoms with Crippen molar-refractivity contribution in [2.45, 2.75) is 39.0 Å². The molecule has 124 valence electrons. The molecule has 0 aromatic heterocycles. The van der Waals surface area contributed by atoms with Crippen molar-refractivity contribution in [2.24, 2.45) is 17.3 Å². The van der Waals surface area contributed by atoms with E-state index in [1.54, 1.807) is 11.1 Å². The number of allylic oxidation sites excluding steroid dienone is 4. The first kappa shape index (κ1) is 15.0. The highest BCUT2D eigenvalue weighted by atomic mass is 16.6. The van der Waals surface area contributed by atoms with E-state index in [0.717, 1.165) is 30.5 Å². The van der Waals surface area contributed by atoms with Crippen LogP contribution >= 0.6 is 0 Å². The molecule has 2 nitrogen and oxygen atoms in total. The average molecular weight is 320 g/mol. The Balaban J connectivity index is 1.36. The van der Waals surface area contributed by atoms with E-state index < -0.39 is 0 Å². The van der Waals surface area contributed by atoms with E-state index in [0.29, 0.717) is 0 Å². The van der Waals surface area contributed by atoms with E-state index in [2.05, 4.69) is 57.2 Å². The van der Waals surface area contributed by atoms with Crippen LogP contribution in [0, 0.1) is 17.3 Å². The summed E-state index contributed by atoms with van der Waals surface area (Å²) < 4.78 is 11.8. The molecule has 1 saturated carbocycles. The van der Waals surface area contributed by atoms with Gasteiger partial charge in [0.2, 0.25) is 0 Å². The Morgan fingerprint density at radius 3 is 2.33 bits per heavy atom. The fourth-order valence-electron chi connectivity index (χ4n) is 4.91. The van der Waals surface area contributed by atoms with Gasteiger partial charge in [0, 0.05) is 30.0 Å². The van der Waals surface area contributed by atoms with E-state index >= 15 is 0 Å². The summed E-state index contributed by atoms with van der Waals surface area (Å²) in [5.41, 5.74) is 6.21. The summed E-state index contributed by atoms with van der Waals surface area (Å²) in [5.74, 6) is 1.61. The molecule has 3 heteroatoms. The lowest BCUT2D eigenvalue weighted by Gasteiger charge is -2.54. The van der Waals surface area contributed by atoms with E-state index in [1.165, 1.54) is 18.4 Å². The maximum Gasteiger partial charge on any atom is 0.493 e. The van der Waals surface area contributed by atoms with Gasteiger partial charge in [0.1, 0.15) is 0 Å². The monoisotopic (exact) mass is 320 g/mol. The molecule has 0 N–H and O–H groups in total. The van der Waals surface area contributed by atoms with Crippen LogP contribution in [0.3, 0.4) is 0 Å². The zero-order valence-corrected chi connectivity index (χ0v) is 14.8. The van der Waals surface area contributed by atoms with Crippen LogP contribution in [0.15, 0.2) is 47.6 Å². The zero-order chi connectivity index (χ0) is 16.5.